The van der Waals surface area contributed by atoms with E-state index < -0.39 is 28.4 Å². The van der Waals surface area contributed by atoms with Crippen LogP contribution in [0.1, 0.15) is 162 Å². The summed E-state index contributed by atoms with van der Waals surface area (Å²) < 4.78 is 29.7. The largest absolute Gasteiger partial charge is 0.481 e. The summed E-state index contributed by atoms with van der Waals surface area (Å²) in [7, 11) is -0.934. The van der Waals surface area contributed by atoms with Crippen molar-refractivity contribution in [3.05, 3.63) is 336 Å². The first-order valence-electron chi connectivity index (χ1n) is 46.2. The van der Waals surface area contributed by atoms with Gasteiger partial charge >= 0.3 is 29.8 Å². The molecule has 10 fully saturated rings. The zero-order chi connectivity index (χ0) is 90.8. The normalized spacial score (nSPS) is 23.1. The Balaban J connectivity index is 0.000000122. The molecule has 9 saturated carbocycles. The number of carbonyl (C=O) groups is 5. The minimum Gasteiger partial charge on any atom is -0.481 e. The van der Waals surface area contributed by atoms with Gasteiger partial charge in [0.15, 0.2) is 65.4 Å². The van der Waals surface area contributed by atoms with Crippen LogP contribution in [0.3, 0.4) is 0 Å². The van der Waals surface area contributed by atoms with Gasteiger partial charge in [-0.3, -0.25) is 14.4 Å². The minimum atomic E-state index is -1.24. The maximum absolute atomic E-state index is 13.6. The lowest BCUT2D eigenvalue weighted by atomic mass is 9.49. The minimum absolute atomic E-state index is 0.0315. The summed E-state index contributed by atoms with van der Waals surface area (Å²) in [5.41, 5.74) is 5.30. The number of aliphatic carboxylic acids is 1. The molecule has 2 unspecified atom stereocenters. The molecule has 130 heavy (non-hydrogen) atoms. The zero-order valence-electron chi connectivity index (χ0n) is 76.7. The molecule has 9 aliphatic carbocycles. The van der Waals surface area contributed by atoms with E-state index in [2.05, 4.69) is 295 Å². The highest BCUT2D eigenvalue weighted by Gasteiger charge is 2.77. The van der Waals surface area contributed by atoms with E-state index in [0.717, 1.165) is 116 Å². The van der Waals surface area contributed by atoms with Crippen LogP contribution < -0.4 is 18.9 Å². The number of hydrogen-bond donors (Lipinski definition) is 1. The highest BCUT2D eigenvalue weighted by molar-refractivity contribution is 7.98. The first-order valence-corrected chi connectivity index (χ1v) is 51.1. The fourth-order valence-corrected chi connectivity index (χ4v) is 32.5. The van der Waals surface area contributed by atoms with Gasteiger partial charge in [0.1, 0.15) is 23.0 Å². The molecule has 0 amide bonds. The van der Waals surface area contributed by atoms with Crippen LogP contribution in [0.4, 0.5) is 0 Å². The van der Waals surface area contributed by atoms with Crippen molar-refractivity contribution in [2.75, 3.05) is 6.61 Å². The third-order valence-electron chi connectivity index (χ3n) is 29.0. The number of aryl methyl sites for hydroxylation is 8. The average Bonchev–Trinajstić information content (AvgIpc) is 1.51. The topological polar surface area (TPSA) is 152 Å². The van der Waals surface area contributed by atoms with Crippen LogP contribution in [0.2, 0.25) is 0 Å². The number of hydrogen-bond acceptors (Lipinski definition) is 10. The van der Waals surface area contributed by atoms with Crippen LogP contribution in [0.25, 0.3) is 0 Å². The van der Waals surface area contributed by atoms with Crippen molar-refractivity contribution in [1.82, 2.24) is 0 Å². The number of benzene rings is 12. The summed E-state index contributed by atoms with van der Waals surface area (Å²) >= 11 is 0. The van der Waals surface area contributed by atoms with Gasteiger partial charge in [0.05, 0.1) is 60.8 Å². The Bertz CT molecular complexity index is 5770. The average molecular weight is 1810 g/mol. The monoisotopic (exact) mass is 1800 g/mol. The smallest absolute Gasteiger partial charge is 0.356 e. The van der Waals surface area contributed by atoms with Crippen molar-refractivity contribution in [2.24, 2.45) is 57.2 Å². The van der Waals surface area contributed by atoms with Gasteiger partial charge in [-0.1, -0.05) is 159 Å². The molecule has 1 heterocycles. The molecule has 11 nitrogen and oxygen atoms in total. The Morgan fingerprint density at radius 1 is 0.331 bits per heavy atom. The Morgan fingerprint density at radius 2 is 0.577 bits per heavy atom. The first-order chi connectivity index (χ1) is 62.6. The van der Waals surface area contributed by atoms with Gasteiger partial charge in [0, 0.05) is 53.9 Å². The molecular formula is C115H120O11S4+4. The predicted molar refractivity (Wildman–Crippen MR) is 520 cm³/mol. The lowest BCUT2D eigenvalue weighted by Gasteiger charge is -2.56. The van der Waals surface area contributed by atoms with Gasteiger partial charge in [0.25, 0.3) is 0 Å². The third kappa shape index (κ3) is 18.9. The molecule has 12 aromatic carbocycles. The summed E-state index contributed by atoms with van der Waals surface area (Å²) in [4.78, 5) is 78.9. The summed E-state index contributed by atoms with van der Waals surface area (Å²) in [5.74, 6) is 5.76. The van der Waals surface area contributed by atoms with E-state index in [9.17, 15) is 24.0 Å². The fourth-order valence-electron chi connectivity index (χ4n) is 23.4. The number of carbonyl (C=O) groups excluding carboxylic acids is 4. The molecule has 1 aliphatic heterocycles. The highest BCUT2D eigenvalue weighted by atomic mass is 32.2. The fraction of sp³-hybridized carbons (Fsp3) is 0.330. The van der Waals surface area contributed by atoms with Crippen LogP contribution in [0.15, 0.2) is 350 Å². The maximum Gasteiger partial charge on any atom is 0.356 e. The Hall–Kier alpha value is -10.8. The van der Waals surface area contributed by atoms with Gasteiger partial charge in [0.2, 0.25) is 5.60 Å². The molecule has 10 aliphatic rings. The molecule has 0 aromatic heterocycles. The predicted octanol–water partition coefficient (Wildman–Crippen LogP) is 26.7. The Morgan fingerprint density at radius 3 is 0.823 bits per heavy atom. The van der Waals surface area contributed by atoms with Crippen LogP contribution in [-0.4, -0.2) is 47.2 Å². The molecule has 1 N–H and O–H groups in total. The Labute approximate surface area is 779 Å². The molecule has 2 atom stereocenters. The molecule has 10 bridgehead atoms. The third-order valence-corrected chi connectivity index (χ3v) is 37.8. The van der Waals surface area contributed by atoms with Gasteiger partial charge < -0.3 is 28.8 Å². The summed E-state index contributed by atoms with van der Waals surface area (Å²) in [6.45, 7) is 21.7. The van der Waals surface area contributed by atoms with Crippen LogP contribution in [0.5, 0.6) is 23.0 Å². The van der Waals surface area contributed by atoms with Crippen molar-refractivity contribution < 1.29 is 52.8 Å². The number of ether oxygens (including phenoxy) is 5. The molecule has 12 aromatic rings. The van der Waals surface area contributed by atoms with Crippen molar-refractivity contribution in [1.29, 1.82) is 0 Å². The van der Waals surface area contributed by atoms with E-state index >= 15 is 0 Å². The summed E-state index contributed by atoms with van der Waals surface area (Å²) in [6.07, 6.45) is 16.8. The van der Waals surface area contributed by atoms with E-state index in [0.29, 0.717) is 30.8 Å². The maximum atomic E-state index is 13.6. The van der Waals surface area contributed by atoms with E-state index in [-0.39, 0.29) is 78.9 Å². The molecule has 15 heteroatoms. The van der Waals surface area contributed by atoms with E-state index in [1.54, 1.807) is 0 Å². The van der Waals surface area contributed by atoms with Crippen molar-refractivity contribution in [3.63, 3.8) is 0 Å². The summed E-state index contributed by atoms with van der Waals surface area (Å²) in [5, 5.41) is 8.87. The first kappa shape index (κ1) is 91.1. The SMILES string of the molecule is Cc1cc([S+](c2ccccc2)c2ccccc2)cc(C)c1OC(=O)C12CC3CC(CC(C3)C1)C2.Cc1cc([S+](c2ccccc2)c2ccccc2)cc(C)c1OC(=O)C12CCC(C)(C(=O)O1)C2(C)C.Cc1cc([S+](c2ccccc2)c2ccccc2)cc(C)c1OC(=O)CC12CC3CC(CC(C3)C1)C2.Cc1cc([S+](c2ccccc2)c2ccccc2)cc(C)c1OCC(=O)O. The van der Waals surface area contributed by atoms with Gasteiger partial charge in [-0.05, 0) is 335 Å². The number of esters is 4. The second-order valence-electron chi connectivity index (χ2n) is 38.7. The number of rotatable bonds is 22. The van der Waals surface area contributed by atoms with Gasteiger partial charge in [-0.2, -0.15) is 0 Å². The molecular weight excluding hydrogens is 1690 g/mol. The standard InChI is InChI=1S/C32H35O2S.C31H33O2S.C30H31O4S.C22H20O3S/c1-22-13-29(35(27-9-5-3-6-10-27)28-11-7-4-8-12-28)14-23(2)31(22)34-30(33)21-32-18-24-15-25(19-32)17-26(16-24)20-32;1-21-13-28(34(26-9-5-3-6-10-26)27-11-7-4-8-12-27)14-22(2)29(21)33-30(32)31-18-23-15-24(19-31)17-25(16-23)20-31;1-20-18-24(35(22-12-8-6-9-13-22)23-14-10-7-11-15-23)19-21(2)25(20)33-27(32)30-17-16-29(5,26(31)34-30)28(30,3)4;1-16-13-20(14-17(2)22(16)25-15-21(23)24)26(18-9-5-3-6-10-18)19-11-7-4-8-12-19/h3-14,24-26H,15-21H2,1-2H3;3-14,23-25H,15-20H2,1-2H3;6-15,18-19H,16-17H2,1-5H3;3-14H,15H2,1-2H3/q3*+1;/p+1. The molecule has 1 saturated heterocycles. The van der Waals surface area contributed by atoms with Crippen molar-refractivity contribution in [3.8, 4) is 23.0 Å². The Kier molecular flexibility index (Phi) is 27.0. The van der Waals surface area contributed by atoms with E-state index in [1.807, 2.05) is 72.7 Å². The van der Waals surface area contributed by atoms with Gasteiger partial charge in [-0.25, -0.2) is 9.59 Å². The lowest BCUT2D eigenvalue weighted by Crippen LogP contribution is -2.51. The van der Waals surface area contributed by atoms with E-state index in [1.165, 1.54) is 112 Å². The molecule has 22 rings (SSSR count). The van der Waals surface area contributed by atoms with Crippen LogP contribution in [0, 0.1) is 113 Å². The zero-order valence-corrected chi connectivity index (χ0v) is 79.9. The second kappa shape index (κ2) is 38.6. The quantitative estimate of drug-likeness (QED) is 0.0392. The lowest BCUT2D eigenvalue weighted by molar-refractivity contribution is -0.176. The number of carboxylic acids is 1. The van der Waals surface area contributed by atoms with E-state index in [4.69, 9.17) is 28.8 Å². The van der Waals surface area contributed by atoms with Crippen molar-refractivity contribution in [2.45, 2.75) is 237 Å². The molecule has 666 valence electrons. The summed E-state index contributed by atoms with van der Waals surface area (Å²) in [6, 6.07) is 102. The van der Waals surface area contributed by atoms with Gasteiger partial charge in [-0.15, -0.1) is 0 Å². The van der Waals surface area contributed by atoms with Crippen LogP contribution in [-0.2, 0) is 72.3 Å². The molecule has 0 spiro atoms. The highest BCUT2D eigenvalue weighted by Crippen LogP contribution is 2.67. The van der Waals surface area contributed by atoms with Crippen LogP contribution >= 0.6 is 0 Å². The number of fused-ring (bicyclic) bond motifs is 2. The number of carboxylic acid groups (broad SMARTS) is 1. The molecule has 0 radical (unpaired) electrons. The second-order valence-corrected chi connectivity index (χ2v) is 46.8. The van der Waals surface area contributed by atoms with Crippen molar-refractivity contribution >= 4 is 73.4 Å².